The van der Waals surface area contributed by atoms with Crippen LogP contribution in [0.1, 0.15) is 18.7 Å². The molecule has 84 valence electrons. The quantitative estimate of drug-likeness (QED) is 0.810. The van der Waals surface area contributed by atoms with E-state index < -0.39 is 0 Å². The minimum absolute atomic E-state index is 0.542. The Morgan fingerprint density at radius 1 is 1.60 bits per heavy atom. The molecule has 1 saturated heterocycles. The Balaban J connectivity index is 1.77. The lowest BCUT2D eigenvalue weighted by atomic mass is 9.99. The predicted octanol–water partition coefficient (Wildman–Crippen LogP) is 1.13. The van der Waals surface area contributed by atoms with Crippen molar-refractivity contribution in [2.24, 2.45) is 5.92 Å². The third-order valence-corrected chi connectivity index (χ3v) is 2.79. The van der Waals surface area contributed by atoms with E-state index >= 15 is 0 Å². The Labute approximate surface area is 89.8 Å². The van der Waals surface area contributed by atoms with Gasteiger partial charge in [0.15, 0.2) is 5.82 Å². The van der Waals surface area contributed by atoms with Crippen LogP contribution in [-0.2, 0) is 0 Å². The zero-order valence-corrected chi connectivity index (χ0v) is 9.36. The molecule has 1 aliphatic rings. The highest BCUT2D eigenvalue weighted by atomic mass is 16.5. The van der Waals surface area contributed by atoms with Crippen LogP contribution < -0.4 is 5.32 Å². The topological polar surface area (TPSA) is 54.2 Å². The molecule has 0 saturated carbocycles. The van der Waals surface area contributed by atoms with Crippen LogP contribution in [0.3, 0.4) is 0 Å². The standard InChI is InChI=1S/C10H18N4O/c1-8-12-10(15-13-8)11-6-9-4-3-5-14(2)7-9/h9H,3-7H2,1-2H3,(H,11,12,13). The van der Waals surface area contributed by atoms with E-state index in [1.807, 2.05) is 6.92 Å². The van der Waals surface area contributed by atoms with Crippen LogP contribution in [0.15, 0.2) is 4.52 Å². The lowest BCUT2D eigenvalue weighted by molar-refractivity contribution is 0.216. The molecule has 0 radical (unpaired) electrons. The molecule has 0 bridgehead atoms. The molecule has 15 heavy (non-hydrogen) atoms. The molecule has 5 nitrogen and oxygen atoms in total. The van der Waals surface area contributed by atoms with Gasteiger partial charge in [-0.3, -0.25) is 0 Å². The van der Waals surface area contributed by atoms with Gasteiger partial charge in [0.2, 0.25) is 0 Å². The van der Waals surface area contributed by atoms with Crippen LogP contribution in [-0.4, -0.2) is 41.7 Å². The number of aryl methyl sites for hydroxylation is 1. The van der Waals surface area contributed by atoms with Gasteiger partial charge in [0.1, 0.15) is 0 Å². The molecule has 1 fully saturated rings. The first-order valence-corrected chi connectivity index (χ1v) is 5.47. The van der Waals surface area contributed by atoms with Gasteiger partial charge in [0, 0.05) is 13.1 Å². The number of hydrogen-bond acceptors (Lipinski definition) is 5. The van der Waals surface area contributed by atoms with Gasteiger partial charge in [-0.25, -0.2) is 0 Å². The van der Waals surface area contributed by atoms with Crippen molar-refractivity contribution in [2.75, 3.05) is 32.0 Å². The zero-order chi connectivity index (χ0) is 10.7. The monoisotopic (exact) mass is 210 g/mol. The summed E-state index contributed by atoms with van der Waals surface area (Å²) in [7, 11) is 2.17. The van der Waals surface area contributed by atoms with Crippen LogP contribution in [0.25, 0.3) is 0 Å². The fraction of sp³-hybridized carbons (Fsp3) is 0.800. The van der Waals surface area contributed by atoms with Crippen LogP contribution in [0, 0.1) is 12.8 Å². The summed E-state index contributed by atoms with van der Waals surface area (Å²) < 4.78 is 5.00. The first kappa shape index (κ1) is 10.4. The van der Waals surface area contributed by atoms with Crippen molar-refractivity contribution in [3.63, 3.8) is 0 Å². The third-order valence-electron chi connectivity index (χ3n) is 2.79. The van der Waals surface area contributed by atoms with Gasteiger partial charge in [-0.15, -0.1) is 0 Å². The number of nitrogens with zero attached hydrogens (tertiary/aromatic N) is 3. The maximum atomic E-state index is 5.00. The fourth-order valence-corrected chi connectivity index (χ4v) is 2.04. The van der Waals surface area contributed by atoms with Crippen LogP contribution in [0.2, 0.25) is 0 Å². The summed E-state index contributed by atoms with van der Waals surface area (Å²) in [5, 5.41) is 6.93. The number of rotatable bonds is 3. The first-order chi connectivity index (χ1) is 7.24. The fourth-order valence-electron chi connectivity index (χ4n) is 2.04. The molecule has 1 aliphatic heterocycles. The van der Waals surface area contributed by atoms with E-state index in [-0.39, 0.29) is 0 Å². The molecule has 1 unspecified atom stereocenters. The predicted molar refractivity (Wildman–Crippen MR) is 57.7 cm³/mol. The van der Waals surface area contributed by atoms with Gasteiger partial charge < -0.3 is 14.7 Å². The number of piperidine rings is 1. The zero-order valence-electron chi connectivity index (χ0n) is 9.36. The maximum absolute atomic E-state index is 5.00. The van der Waals surface area contributed by atoms with Crippen LogP contribution >= 0.6 is 0 Å². The Kier molecular flexibility index (Phi) is 3.20. The molecule has 1 aromatic heterocycles. The largest absolute Gasteiger partial charge is 0.337 e. The van der Waals surface area contributed by atoms with E-state index in [2.05, 4.69) is 27.4 Å². The summed E-state index contributed by atoms with van der Waals surface area (Å²) in [6, 6.07) is 0.542. The van der Waals surface area contributed by atoms with Crippen molar-refractivity contribution < 1.29 is 4.52 Å². The summed E-state index contributed by atoms with van der Waals surface area (Å²) in [5.41, 5.74) is 0. The second-order valence-electron chi connectivity index (χ2n) is 4.30. The number of likely N-dealkylation sites (tertiary alicyclic amines) is 1. The summed E-state index contributed by atoms with van der Waals surface area (Å²) in [6.45, 7) is 5.12. The normalized spacial score (nSPS) is 22.9. The van der Waals surface area contributed by atoms with Crippen molar-refractivity contribution in [3.05, 3.63) is 5.82 Å². The molecular weight excluding hydrogens is 192 g/mol. The molecule has 0 spiro atoms. The van der Waals surface area contributed by atoms with Gasteiger partial charge >= 0.3 is 6.01 Å². The van der Waals surface area contributed by atoms with Crippen molar-refractivity contribution in [2.45, 2.75) is 19.8 Å². The molecule has 0 amide bonds. The van der Waals surface area contributed by atoms with Gasteiger partial charge in [-0.2, -0.15) is 4.98 Å². The minimum Gasteiger partial charge on any atom is -0.337 e. The van der Waals surface area contributed by atoms with Gasteiger partial charge in [0.25, 0.3) is 0 Å². The van der Waals surface area contributed by atoms with Crippen LogP contribution in [0.5, 0.6) is 0 Å². The van der Waals surface area contributed by atoms with Gasteiger partial charge in [0.05, 0.1) is 0 Å². The average molecular weight is 210 g/mol. The smallest absolute Gasteiger partial charge is 0.321 e. The third kappa shape index (κ3) is 2.92. The van der Waals surface area contributed by atoms with Gasteiger partial charge in [-0.05, 0) is 39.3 Å². The number of aromatic nitrogens is 2. The summed E-state index contributed by atoms with van der Waals surface area (Å²) in [4.78, 5) is 6.48. The summed E-state index contributed by atoms with van der Waals surface area (Å²) in [5.74, 6) is 1.37. The van der Waals surface area contributed by atoms with Crippen LogP contribution in [0.4, 0.5) is 6.01 Å². The summed E-state index contributed by atoms with van der Waals surface area (Å²) >= 11 is 0. The molecular formula is C10H18N4O. The average Bonchev–Trinajstić information content (AvgIpc) is 2.62. The van der Waals surface area contributed by atoms with E-state index in [1.165, 1.54) is 19.4 Å². The van der Waals surface area contributed by atoms with Crippen molar-refractivity contribution in [3.8, 4) is 0 Å². The van der Waals surface area contributed by atoms with Crippen molar-refractivity contribution in [1.82, 2.24) is 15.0 Å². The highest BCUT2D eigenvalue weighted by molar-refractivity contribution is 5.17. The maximum Gasteiger partial charge on any atom is 0.321 e. The lowest BCUT2D eigenvalue weighted by Gasteiger charge is -2.29. The molecule has 5 heteroatoms. The number of nitrogens with one attached hydrogen (secondary N) is 1. The van der Waals surface area contributed by atoms with E-state index in [9.17, 15) is 0 Å². The molecule has 0 aromatic carbocycles. The first-order valence-electron chi connectivity index (χ1n) is 5.47. The Morgan fingerprint density at radius 2 is 2.47 bits per heavy atom. The molecule has 2 heterocycles. The molecule has 2 rings (SSSR count). The Hall–Kier alpha value is -1.10. The van der Waals surface area contributed by atoms with E-state index in [0.717, 1.165) is 13.1 Å². The Bertz CT molecular complexity index is 312. The highest BCUT2D eigenvalue weighted by Gasteiger charge is 2.17. The van der Waals surface area contributed by atoms with Crippen molar-refractivity contribution >= 4 is 6.01 Å². The Morgan fingerprint density at radius 3 is 3.13 bits per heavy atom. The van der Waals surface area contributed by atoms with E-state index in [4.69, 9.17) is 4.52 Å². The second-order valence-corrected chi connectivity index (χ2v) is 4.30. The molecule has 1 aromatic rings. The molecule has 1 N–H and O–H groups in total. The van der Waals surface area contributed by atoms with E-state index in [1.54, 1.807) is 0 Å². The summed E-state index contributed by atoms with van der Waals surface area (Å²) in [6.07, 6.45) is 2.57. The molecule has 0 aliphatic carbocycles. The minimum atomic E-state index is 0.542. The van der Waals surface area contributed by atoms with Crippen molar-refractivity contribution in [1.29, 1.82) is 0 Å². The molecule has 1 atom stereocenters. The van der Waals surface area contributed by atoms with Gasteiger partial charge in [-0.1, -0.05) is 5.16 Å². The number of anilines is 1. The highest BCUT2D eigenvalue weighted by Crippen LogP contribution is 2.15. The van der Waals surface area contributed by atoms with E-state index in [0.29, 0.717) is 17.8 Å². The number of hydrogen-bond donors (Lipinski definition) is 1. The lowest BCUT2D eigenvalue weighted by Crippen LogP contribution is -2.35. The second kappa shape index (κ2) is 4.61. The SMILES string of the molecule is Cc1noc(NCC2CCCN(C)C2)n1.